The van der Waals surface area contributed by atoms with Gasteiger partial charge in [-0.05, 0) is 19.4 Å². The molecule has 1 aliphatic heterocycles. The molecule has 1 fully saturated rings. The van der Waals surface area contributed by atoms with Gasteiger partial charge < -0.3 is 37.1 Å². The third-order valence-electron chi connectivity index (χ3n) is 2.83. The molecule has 11 heteroatoms. The van der Waals surface area contributed by atoms with Crippen LogP contribution in [0.15, 0.2) is 12.5 Å². The van der Waals surface area contributed by atoms with Gasteiger partial charge in [0.15, 0.2) is 0 Å². The first kappa shape index (κ1) is 21.5. The van der Waals surface area contributed by atoms with E-state index in [0.717, 1.165) is 19.4 Å². The van der Waals surface area contributed by atoms with Gasteiger partial charge in [-0.15, -0.1) is 0 Å². The zero-order valence-electron chi connectivity index (χ0n) is 13.0. The molecule has 0 amide bonds. The van der Waals surface area contributed by atoms with E-state index in [0.29, 0.717) is 5.69 Å². The summed E-state index contributed by atoms with van der Waals surface area (Å²) in [7, 11) is 0. The minimum atomic E-state index is -1.01. The fourth-order valence-corrected chi connectivity index (χ4v) is 1.61. The van der Waals surface area contributed by atoms with Crippen LogP contribution < -0.4 is 16.8 Å². The van der Waals surface area contributed by atoms with Gasteiger partial charge in [0.1, 0.15) is 12.1 Å². The normalized spacial score (nSPS) is 16.8. The van der Waals surface area contributed by atoms with Crippen molar-refractivity contribution in [3.05, 3.63) is 18.2 Å². The lowest BCUT2D eigenvalue weighted by molar-refractivity contribution is -0.139. The van der Waals surface area contributed by atoms with Crippen molar-refractivity contribution < 1.29 is 29.7 Å². The third-order valence-corrected chi connectivity index (χ3v) is 2.83. The summed E-state index contributed by atoms with van der Waals surface area (Å²) < 4.78 is 0. The summed E-state index contributed by atoms with van der Waals surface area (Å²) in [6.45, 7) is 0.580. The van der Waals surface area contributed by atoms with Gasteiger partial charge >= 0.3 is 17.9 Å². The van der Waals surface area contributed by atoms with Gasteiger partial charge in [0.05, 0.1) is 18.6 Å². The van der Waals surface area contributed by atoms with Crippen LogP contribution in [0.1, 0.15) is 18.5 Å². The molecular formula is C13H23N5O6. The number of hydrogen-bond acceptors (Lipinski definition) is 7. The molecular weight excluding hydrogens is 322 g/mol. The lowest BCUT2D eigenvalue weighted by Gasteiger charge is -2.01. The molecule has 24 heavy (non-hydrogen) atoms. The maximum Gasteiger partial charge on any atom is 0.320 e. The Bertz CT molecular complexity index is 501. The zero-order valence-corrected chi connectivity index (χ0v) is 13.0. The lowest BCUT2D eigenvalue weighted by atomic mass is 10.2. The van der Waals surface area contributed by atoms with Crippen molar-refractivity contribution in [2.75, 3.05) is 13.1 Å². The number of carboxylic acid groups (broad SMARTS) is 3. The van der Waals surface area contributed by atoms with Crippen LogP contribution in [0.2, 0.25) is 0 Å². The average Bonchev–Trinajstić information content (AvgIpc) is 3.21. The number of aromatic nitrogens is 2. The van der Waals surface area contributed by atoms with Gasteiger partial charge in [-0.2, -0.15) is 0 Å². The third kappa shape index (κ3) is 10.3. The van der Waals surface area contributed by atoms with Crippen LogP contribution in [0.5, 0.6) is 0 Å². The van der Waals surface area contributed by atoms with E-state index in [-0.39, 0.29) is 19.0 Å². The van der Waals surface area contributed by atoms with Crippen molar-refractivity contribution in [1.29, 1.82) is 0 Å². The Morgan fingerprint density at radius 3 is 2.25 bits per heavy atom. The monoisotopic (exact) mass is 345 g/mol. The van der Waals surface area contributed by atoms with Gasteiger partial charge in [0.25, 0.3) is 0 Å². The minimum absolute atomic E-state index is 0.263. The largest absolute Gasteiger partial charge is 0.480 e. The molecule has 0 bridgehead atoms. The number of imidazole rings is 1. The summed E-state index contributed by atoms with van der Waals surface area (Å²) in [6, 6.07) is -1.13. The molecule has 0 aromatic carbocycles. The number of H-pyrrole nitrogens is 1. The second-order valence-corrected chi connectivity index (χ2v) is 4.79. The van der Waals surface area contributed by atoms with Crippen LogP contribution in [0.25, 0.3) is 0 Å². The standard InChI is InChI=1S/C6H9N3O2.C5H9NO2.C2H5NO2/c7-5(6(10)11)1-4-2-8-3-9-4;7-5(8)4-2-1-3-6-4;3-1-2(4)5/h2-3,5H,1,7H2,(H,8,9)(H,10,11);4,6H,1-3H2,(H,7,8);1,3H2,(H,4,5). The summed E-state index contributed by atoms with van der Waals surface area (Å²) in [5.41, 5.74) is 10.5. The van der Waals surface area contributed by atoms with Crippen molar-refractivity contribution in [2.45, 2.75) is 31.3 Å². The summed E-state index contributed by atoms with van der Waals surface area (Å²) in [4.78, 5) is 36.2. The Hall–Kier alpha value is -2.50. The van der Waals surface area contributed by atoms with Gasteiger partial charge in [-0.25, -0.2) is 4.98 Å². The predicted octanol–water partition coefficient (Wildman–Crippen LogP) is -1.78. The average molecular weight is 345 g/mol. The molecule has 1 aromatic heterocycles. The smallest absolute Gasteiger partial charge is 0.320 e. The molecule has 0 spiro atoms. The first-order chi connectivity index (χ1) is 11.3. The number of rotatable bonds is 5. The van der Waals surface area contributed by atoms with Crippen molar-refractivity contribution in [1.82, 2.24) is 15.3 Å². The number of carboxylic acids is 3. The highest BCUT2D eigenvalue weighted by molar-refractivity contribution is 5.73. The van der Waals surface area contributed by atoms with E-state index < -0.39 is 23.9 Å². The van der Waals surface area contributed by atoms with E-state index >= 15 is 0 Å². The van der Waals surface area contributed by atoms with Crippen LogP contribution in [0.4, 0.5) is 0 Å². The maximum atomic E-state index is 10.3. The molecule has 2 heterocycles. The van der Waals surface area contributed by atoms with E-state index in [4.69, 9.17) is 21.1 Å². The number of aliphatic carboxylic acids is 3. The van der Waals surface area contributed by atoms with E-state index in [1.807, 2.05) is 0 Å². The molecule has 2 atom stereocenters. The Labute approximate surface area is 138 Å². The molecule has 0 radical (unpaired) electrons. The topological polar surface area (TPSA) is 205 Å². The highest BCUT2D eigenvalue weighted by Gasteiger charge is 2.20. The van der Waals surface area contributed by atoms with Crippen LogP contribution in [-0.2, 0) is 20.8 Å². The molecule has 1 aromatic rings. The van der Waals surface area contributed by atoms with Crippen molar-refractivity contribution in [3.8, 4) is 0 Å². The van der Waals surface area contributed by atoms with Crippen LogP contribution in [0, 0.1) is 0 Å². The van der Waals surface area contributed by atoms with E-state index in [9.17, 15) is 14.4 Å². The van der Waals surface area contributed by atoms with E-state index in [1.54, 1.807) is 6.20 Å². The van der Waals surface area contributed by atoms with Crippen molar-refractivity contribution in [3.63, 3.8) is 0 Å². The van der Waals surface area contributed by atoms with Gasteiger partial charge in [0.2, 0.25) is 0 Å². The molecule has 1 saturated heterocycles. The van der Waals surface area contributed by atoms with Crippen LogP contribution in [-0.4, -0.2) is 68.4 Å². The summed E-state index contributed by atoms with van der Waals surface area (Å²) in [5.74, 6) is -2.69. The fourth-order valence-electron chi connectivity index (χ4n) is 1.61. The number of aromatic amines is 1. The molecule has 0 saturated carbocycles. The molecule has 136 valence electrons. The Kier molecular flexibility index (Phi) is 10.7. The second kappa shape index (κ2) is 12.0. The SMILES string of the molecule is NC(Cc1c[nH]cn1)C(=O)O.NCC(=O)O.O=C(O)C1CCCN1. The second-order valence-electron chi connectivity index (χ2n) is 4.79. The molecule has 11 nitrogen and oxygen atoms in total. The Morgan fingerprint density at radius 2 is 1.96 bits per heavy atom. The van der Waals surface area contributed by atoms with Gasteiger partial charge in [-0.3, -0.25) is 14.4 Å². The Morgan fingerprint density at radius 1 is 1.33 bits per heavy atom. The van der Waals surface area contributed by atoms with Crippen molar-refractivity contribution >= 4 is 17.9 Å². The van der Waals surface area contributed by atoms with Crippen LogP contribution >= 0.6 is 0 Å². The number of nitrogens with zero attached hydrogens (tertiary/aromatic N) is 1. The molecule has 9 N–H and O–H groups in total. The highest BCUT2D eigenvalue weighted by Crippen LogP contribution is 2.03. The molecule has 0 aliphatic carbocycles. The first-order valence-corrected chi connectivity index (χ1v) is 7.12. The van der Waals surface area contributed by atoms with Crippen LogP contribution in [0.3, 0.4) is 0 Å². The summed E-state index contributed by atoms with van der Waals surface area (Å²) >= 11 is 0. The van der Waals surface area contributed by atoms with Crippen molar-refractivity contribution in [2.24, 2.45) is 11.5 Å². The number of hydrogen-bond donors (Lipinski definition) is 7. The number of nitrogens with one attached hydrogen (secondary N) is 2. The predicted molar refractivity (Wildman–Crippen MR) is 83.3 cm³/mol. The fraction of sp³-hybridized carbons (Fsp3) is 0.538. The maximum absolute atomic E-state index is 10.3. The molecule has 2 unspecified atom stereocenters. The Balaban J connectivity index is 0.000000358. The summed E-state index contributed by atoms with van der Waals surface area (Å²) in [5, 5.41) is 27.2. The summed E-state index contributed by atoms with van der Waals surface area (Å²) in [6.07, 6.45) is 5.16. The highest BCUT2D eigenvalue weighted by atomic mass is 16.4. The van der Waals surface area contributed by atoms with Gasteiger partial charge in [0, 0.05) is 12.6 Å². The van der Waals surface area contributed by atoms with Gasteiger partial charge in [-0.1, -0.05) is 0 Å². The van der Waals surface area contributed by atoms with E-state index in [1.165, 1.54) is 6.33 Å². The number of nitrogens with two attached hydrogens (primary N) is 2. The lowest BCUT2D eigenvalue weighted by Crippen LogP contribution is -2.32. The number of carbonyl (C=O) groups is 3. The minimum Gasteiger partial charge on any atom is -0.480 e. The molecule has 1 aliphatic rings. The zero-order chi connectivity index (χ0) is 18.5. The molecule has 2 rings (SSSR count). The first-order valence-electron chi connectivity index (χ1n) is 7.12. The van der Waals surface area contributed by atoms with E-state index in [2.05, 4.69) is 21.0 Å². The quantitative estimate of drug-likeness (QED) is 0.319.